The van der Waals surface area contributed by atoms with Crippen LogP contribution < -0.4 is 10.0 Å². The normalized spacial score (nSPS) is 17.6. The van der Waals surface area contributed by atoms with Gasteiger partial charge >= 0.3 is 0 Å². The number of pyridine rings is 1. The van der Waals surface area contributed by atoms with Crippen molar-refractivity contribution in [2.24, 2.45) is 0 Å². The Morgan fingerprint density at radius 1 is 1.44 bits per heavy atom. The van der Waals surface area contributed by atoms with E-state index in [1.807, 2.05) is 0 Å². The zero-order valence-electron chi connectivity index (χ0n) is 10.2. The zero-order valence-corrected chi connectivity index (χ0v) is 11.1. The highest BCUT2D eigenvalue weighted by atomic mass is 32.2. The van der Waals surface area contributed by atoms with Crippen molar-refractivity contribution in [1.82, 2.24) is 4.98 Å². The topological polar surface area (TPSA) is 85.5 Å². The predicted octanol–water partition coefficient (Wildman–Crippen LogP) is 0.609. The van der Waals surface area contributed by atoms with Gasteiger partial charge in [-0.1, -0.05) is 0 Å². The molecule has 2 rings (SSSR count). The summed E-state index contributed by atoms with van der Waals surface area (Å²) in [5, 5.41) is -0.399. The van der Waals surface area contributed by atoms with Crippen molar-refractivity contribution >= 4 is 21.4 Å². The lowest BCUT2D eigenvalue weighted by atomic mass is 10.2. The first-order valence-corrected chi connectivity index (χ1v) is 7.29. The number of nitrogen functional groups attached to an aromatic ring is 1. The lowest BCUT2D eigenvalue weighted by Gasteiger charge is -2.28. The Morgan fingerprint density at radius 2 is 2.11 bits per heavy atom. The third-order valence-corrected chi connectivity index (χ3v) is 5.41. The van der Waals surface area contributed by atoms with Crippen LogP contribution in [-0.4, -0.2) is 38.9 Å². The van der Waals surface area contributed by atoms with Gasteiger partial charge in [-0.15, -0.1) is 0 Å². The number of aromatic nitrogens is 1. The van der Waals surface area contributed by atoms with Crippen LogP contribution in [0, 0.1) is 0 Å². The molecule has 0 atom stereocenters. The Kier molecular flexibility index (Phi) is 3.72. The molecule has 7 heteroatoms. The van der Waals surface area contributed by atoms with E-state index in [0.717, 1.165) is 0 Å². The largest absolute Gasteiger partial charge is 0.396 e. The molecule has 1 fully saturated rings. The summed E-state index contributed by atoms with van der Waals surface area (Å²) in [5.41, 5.74) is 6.58. The van der Waals surface area contributed by atoms with Gasteiger partial charge in [-0.2, -0.15) is 0 Å². The summed E-state index contributed by atoms with van der Waals surface area (Å²) in [6.45, 7) is 0.979. The Balaban J connectivity index is 2.27. The van der Waals surface area contributed by atoms with Crippen molar-refractivity contribution in [1.29, 1.82) is 0 Å². The summed E-state index contributed by atoms with van der Waals surface area (Å²) < 4.78 is 31.3. The van der Waals surface area contributed by atoms with E-state index in [0.29, 0.717) is 37.4 Å². The first-order chi connectivity index (χ1) is 8.53. The maximum atomic E-state index is 12.4. The first-order valence-electron chi connectivity index (χ1n) is 5.78. The SMILES string of the molecule is CN(c1ccncc1N)S(=O)(=O)C1CCOCC1. The standard InChI is InChI=1S/C11H17N3O3S/c1-14(11-2-5-13-8-10(11)12)18(15,16)9-3-6-17-7-4-9/h2,5,8-9H,3-4,6-7,12H2,1H3. The maximum Gasteiger partial charge on any atom is 0.238 e. The maximum absolute atomic E-state index is 12.4. The smallest absolute Gasteiger partial charge is 0.238 e. The van der Waals surface area contributed by atoms with Crippen LogP contribution in [0.3, 0.4) is 0 Å². The van der Waals surface area contributed by atoms with E-state index in [-0.39, 0.29) is 0 Å². The molecule has 0 bridgehead atoms. The number of nitrogens with two attached hydrogens (primary N) is 1. The van der Waals surface area contributed by atoms with Gasteiger partial charge in [0.15, 0.2) is 0 Å². The van der Waals surface area contributed by atoms with Gasteiger partial charge in [0.2, 0.25) is 10.0 Å². The molecule has 2 heterocycles. The van der Waals surface area contributed by atoms with Crippen molar-refractivity contribution in [2.45, 2.75) is 18.1 Å². The Labute approximate surface area is 107 Å². The van der Waals surface area contributed by atoms with E-state index in [2.05, 4.69) is 4.98 Å². The van der Waals surface area contributed by atoms with Gasteiger partial charge in [0.25, 0.3) is 0 Å². The lowest BCUT2D eigenvalue weighted by Crippen LogP contribution is -2.39. The molecule has 2 N–H and O–H groups in total. The van der Waals surface area contributed by atoms with Gasteiger partial charge in [0, 0.05) is 26.5 Å². The summed E-state index contributed by atoms with van der Waals surface area (Å²) >= 11 is 0. The van der Waals surface area contributed by atoms with Crippen molar-refractivity contribution in [3.05, 3.63) is 18.5 Å². The molecule has 1 aromatic heterocycles. The van der Waals surface area contributed by atoms with Gasteiger partial charge in [0.05, 0.1) is 22.8 Å². The second-order valence-electron chi connectivity index (χ2n) is 4.26. The molecule has 1 aromatic rings. The average Bonchev–Trinajstić information content (AvgIpc) is 2.39. The van der Waals surface area contributed by atoms with Crippen LogP contribution >= 0.6 is 0 Å². The predicted molar refractivity (Wildman–Crippen MR) is 69.8 cm³/mol. The van der Waals surface area contributed by atoms with E-state index < -0.39 is 15.3 Å². The number of sulfonamides is 1. The van der Waals surface area contributed by atoms with E-state index in [1.54, 1.807) is 6.07 Å². The molecule has 6 nitrogen and oxygen atoms in total. The molecule has 0 radical (unpaired) electrons. The molecule has 18 heavy (non-hydrogen) atoms. The number of rotatable bonds is 3. The van der Waals surface area contributed by atoms with Crippen LogP contribution in [0.1, 0.15) is 12.8 Å². The summed E-state index contributed by atoms with van der Waals surface area (Å²) in [5.74, 6) is 0. The minimum Gasteiger partial charge on any atom is -0.396 e. The van der Waals surface area contributed by atoms with Crippen molar-refractivity contribution in [2.75, 3.05) is 30.3 Å². The van der Waals surface area contributed by atoms with Crippen LogP contribution in [0.2, 0.25) is 0 Å². The highest BCUT2D eigenvalue weighted by molar-refractivity contribution is 7.93. The number of ether oxygens (including phenoxy) is 1. The monoisotopic (exact) mass is 271 g/mol. The minimum absolute atomic E-state index is 0.357. The Hall–Kier alpha value is -1.34. The quantitative estimate of drug-likeness (QED) is 0.870. The number of hydrogen-bond donors (Lipinski definition) is 1. The van der Waals surface area contributed by atoms with Crippen LogP contribution in [-0.2, 0) is 14.8 Å². The molecule has 1 aliphatic rings. The Morgan fingerprint density at radius 3 is 2.72 bits per heavy atom. The summed E-state index contributed by atoms with van der Waals surface area (Å²) in [4.78, 5) is 3.86. The number of hydrogen-bond acceptors (Lipinski definition) is 5. The fraction of sp³-hybridized carbons (Fsp3) is 0.545. The lowest BCUT2D eigenvalue weighted by molar-refractivity contribution is 0.0983. The first kappa shape index (κ1) is 13.1. The zero-order chi connectivity index (χ0) is 13.2. The van der Waals surface area contributed by atoms with Crippen molar-refractivity contribution in [3.63, 3.8) is 0 Å². The van der Waals surface area contributed by atoms with Gasteiger partial charge in [-0.05, 0) is 18.9 Å². The summed E-state index contributed by atoms with van der Waals surface area (Å²) in [6.07, 6.45) is 4.03. The Bertz CT molecular complexity index is 512. The van der Waals surface area contributed by atoms with Gasteiger partial charge < -0.3 is 10.5 Å². The third kappa shape index (κ3) is 2.41. The molecule has 0 aromatic carbocycles. The highest BCUT2D eigenvalue weighted by Crippen LogP contribution is 2.27. The number of nitrogens with zero attached hydrogens (tertiary/aromatic N) is 2. The number of anilines is 2. The fourth-order valence-electron chi connectivity index (χ4n) is 2.02. The third-order valence-electron chi connectivity index (χ3n) is 3.14. The van der Waals surface area contributed by atoms with Crippen LogP contribution in [0.5, 0.6) is 0 Å². The molecule has 0 saturated carbocycles. The van der Waals surface area contributed by atoms with Gasteiger partial charge in [-0.3, -0.25) is 9.29 Å². The summed E-state index contributed by atoms with van der Waals surface area (Å²) in [6, 6.07) is 1.60. The molecule has 0 amide bonds. The second kappa shape index (κ2) is 5.11. The molecule has 0 unspecified atom stereocenters. The minimum atomic E-state index is -3.39. The van der Waals surface area contributed by atoms with Crippen LogP contribution in [0.4, 0.5) is 11.4 Å². The molecule has 1 saturated heterocycles. The molecular formula is C11H17N3O3S. The second-order valence-corrected chi connectivity index (χ2v) is 6.50. The average molecular weight is 271 g/mol. The molecular weight excluding hydrogens is 254 g/mol. The van der Waals surface area contributed by atoms with Gasteiger partial charge in [-0.25, -0.2) is 8.42 Å². The van der Waals surface area contributed by atoms with E-state index in [4.69, 9.17) is 10.5 Å². The van der Waals surface area contributed by atoms with Crippen molar-refractivity contribution in [3.8, 4) is 0 Å². The highest BCUT2D eigenvalue weighted by Gasteiger charge is 2.32. The molecule has 0 spiro atoms. The van der Waals surface area contributed by atoms with E-state index in [9.17, 15) is 8.42 Å². The fourth-order valence-corrected chi connectivity index (χ4v) is 3.70. The molecule has 100 valence electrons. The van der Waals surface area contributed by atoms with Crippen molar-refractivity contribution < 1.29 is 13.2 Å². The molecule has 1 aliphatic heterocycles. The van der Waals surface area contributed by atoms with E-state index in [1.165, 1.54) is 23.7 Å². The van der Waals surface area contributed by atoms with Crippen LogP contribution in [0.25, 0.3) is 0 Å². The summed E-state index contributed by atoms with van der Waals surface area (Å²) in [7, 11) is -1.87. The van der Waals surface area contributed by atoms with Gasteiger partial charge in [0.1, 0.15) is 0 Å². The molecule has 0 aliphatic carbocycles. The van der Waals surface area contributed by atoms with E-state index >= 15 is 0 Å². The van der Waals surface area contributed by atoms with Crippen LogP contribution in [0.15, 0.2) is 18.5 Å².